The number of hydrogen-bond donors (Lipinski definition) is 1. The molecule has 6 atom stereocenters. The van der Waals surface area contributed by atoms with Gasteiger partial charge in [0, 0.05) is 54.6 Å². The lowest BCUT2D eigenvalue weighted by atomic mass is 9.70. The van der Waals surface area contributed by atoms with Crippen LogP contribution in [0.1, 0.15) is 27.2 Å². The summed E-state index contributed by atoms with van der Waals surface area (Å²) in [7, 11) is 0. The topological polar surface area (TPSA) is 103 Å². The van der Waals surface area contributed by atoms with Crippen molar-refractivity contribution in [3.8, 4) is 5.75 Å². The largest absolute Gasteiger partial charge is 0.494 e. The van der Waals surface area contributed by atoms with E-state index in [-0.39, 0.29) is 48.8 Å². The van der Waals surface area contributed by atoms with E-state index in [1.807, 2.05) is 31.2 Å². The molecule has 3 saturated heterocycles. The van der Waals surface area contributed by atoms with Crippen LogP contribution in [0.25, 0.3) is 0 Å². The van der Waals surface area contributed by atoms with E-state index in [1.165, 1.54) is 4.90 Å². The van der Waals surface area contributed by atoms with E-state index in [2.05, 4.69) is 47.8 Å². The molecule has 3 aliphatic rings. The van der Waals surface area contributed by atoms with Crippen LogP contribution in [-0.4, -0.2) is 96.2 Å². The number of rotatable bonds is 15. The molecule has 47 heavy (non-hydrogen) atoms. The summed E-state index contributed by atoms with van der Waals surface area (Å²) < 4.78 is 12.3. The van der Waals surface area contributed by atoms with Crippen molar-refractivity contribution in [3.63, 3.8) is 0 Å². The third-order valence-corrected chi connectivity index (χ3v) is 10.4. The third kappa shape index (κ3) is 6.09. The van der Waals surface area contributed by atoms with E-state index in [0.717, 1.165) is 18.8 Å². The SMILES string of the molecule is C=CCN(C(=O)C1N(CCO)C(=O)[C@@H]2[C@H](C(=O)N(CC=C)c3ccc(OCC)cc3)[C@H]3OC12CC3Br)c1ccc(N(CC)CC)cc1. The van der Waals surface area contributed by atoms with Gasteiger partial charge in [-0.3, -0.25) is 14.4 Å². The Morgan fingerprint density at radius 3 is 2.06 bits per heavy atom. The summed E-state index contributed by atoms with van der Waals surface area (Å²) in [6, 6.07) is 13.9. The summed E-state index contributed by atoms with van der Waals surface area (Å²) in [5, 5.41) is 10.1. The minimum atomic E-state index is -1.26. The van der Waals surface area contributed by atoms with E-state index >= 15 is 0 Å². The van der Waals surface area contributed by atoms with E-state index in [9.17, 15) is 19.5 Å². The number of alkyl halides is 1. The molecule has 0 saturated carbocycles. The zero-order valence-electron chi connectivity index (χ0n) is 27.4. The van der Waals surface area contributed by atoms with Crippen molar-refractivity contribution in [2.24, 2.45) is 11.8 Å². The summed E-state index contributed by atoms with van der Waals surface area (Å²) >= 11 is 3.75. The number of carbonyl (C=O) groups excluding carboxylic acids is 3. The molecule has 3 aliphatic heterocycles. The number of β-amino-alcohol motifs (C(OH)–C–C–N with tert-alkyl or cyclic N) is 1. The maximum Gasteiger partial charge on any atom is 0.253 e. The molecule has 11 heteroatoms. The number of aliphatic hydroxyl groups excluding tert-OH is 1. The average molecular weight is 710 g/mol. The fraction of sp³-hybridized carbons (Fsp3) is 0.472. The van der Waals surface area contributed by atoms with Gasteiger partial charge in [0.1, 0.15) is 17.4 Å². The van der Waals surface area contributed by atoms with Crippen molar-refractivity contribution in [1.29, 1.82) is 0 Å². The van der Waals surface area contributed by atoms with Crippen LogP contribution in [0.3, 0.4) is 0 Å². The zero-order chi connectivity index (χ0) is 33.9. The van der Waals surface area contributed by atoms with Gasteiger partial charge in [0.15, 0.2) is 0 Å². The fourth-order valence-corrected chi connectivity index (χ4v) is 8.53. The number of likely N-dealkylation sites (tertiary alicyclic amines) is 1. The Labute approximate surface area is 285 Å². The highest BCUT2D eigenvalue weighted by Crippen LogP contribution is 2.60. The maximum absolute atomic E-state index is 14.7. The molecule has 2 aromatic rings. The van der Waals surface area contributed by atoms with Crippen molar-refractivity contribution in [3.05, 3.63) is 73.8 Å². The van der Waals surface area contributed by atoms with Gasteiger partial charge >= 0.3 is 0 Å². The van der Waals surface area contributed by atoms with Gasteiger partial charge in [-0.15, -0.1) is 13.2 Å². The molecule has 5 rings (SSSR count). The molecule has 0 radical (unpaired) electrons. The van der Waals surface area contributed by atoms with E-state index < -0.39 is 29.6 Å². The Morgan fingerprint density at radius 2 is 1.53 bits per heavy atom. The van der Waals surface area contributed by atoms with Gasteiger partial charge in [-0.2, -0.15) is 0 Å². The van der Waals surface area contributed by atoms with Crippen LogP contribution < -0.4 is 19.4 Å². The lowest BCUT2D eigenvalue weighted by Gasteiger charge is -2.37. The Hall–Kier alpha value is -3.67. The first-order valence-corrected chi connectivity index (χ1v) is 17.3. The van der Waals surface area contributed by atoms with Crippen LogP contribution >= 0.6 is 15.9 Å². The second-order valence-electron chi connectivity index (χ2n) is 12.0. The second kappa shape index (κ2) is 14.6. The number of benzene rings is 2. The van der Waals surface area contributed by atoms with Gasteiger partial charge in [0.25, 0.3) is 5.91 Å². The number of ether oxygens (including phenoxy) is 2. The summed E-state index contributed by atoms with van der Waals surface area (Å²) in [5.41, 5.74) is 1.07. The molecule has 3 unspecified atom stereocenters. The standard InChI is InChI=1S/C36H45BrN4O6/c1-6-19-39(26-15-17-27(18-16-26)46-10-5)33(43)29-30-34(44)41(21-22-42)32(36(30)23-28(37)31(29)47-36)35(45)40(20-7-2)25-13-11-24(12-14-25)38(8-3)9-4/h6-7,11-18,28-32,42H,1-2,8-10,19-23H2,3-5H3/t28?,29-,30-,31-,32?,36?/m0/s1. The first-order chi connectivity index (χ1) is 22.7. The van der Waals surface area contributed by atoms with Crippen LogP contribution in [-0.2, 0) is 19.1 Å². The van der Waals surface area contributed by atoms with Gasteiger partial charge in [-0.1, -0.05) is 28.1 Å². The molecular formula is C36H45BrN4O6. The summed E-state index contributed by atoms with van der Waals surface area (Å²) in [6.07, 6.45) is 3.03. The molecular weight excluding hydrogens is 664 g/mol. The first kappa shape index (κ1) is 34.7. The van der Waals surface area contributed by atoms with Gasteiger partial charge in [-0.25, -0.2) is 0 Å². The molecule has 3 fully saturated rings. The summed E-state index contributed by atoms with van der Waals surface area (Å²) in [4.78, 5) is 50.2. The molecule has 10 nitrogen and oxygen atoms in total. The van der Waals surface area contributed by atoms with Gasteiger partial charge in [0.05, 0.1) is 31.2 Å². The van der Waals surface area contributed by atoms with Crippen LogP contribution in [0.15, 0.2) is 73.8 Å². The second-order valence-corrected chi connectivity index (χ2v) is 13.2. The number of amides is 3. The van der Waals surface area contributed by atoms with Crippen molar-refractivity contribution in [2.75, 3.05) is 60.6 Å². The average Bonchev–Trinajstić information content (AvgIpc) is 3.67. The smallest absolute Gasteiger partial charge is 0.253 e. The normalized spacial score (nSPS) is 25.8. The van der Waals surface area contributed by atoms with Crippen molar-refractivity contribution >= 4 is 50.7 Å². The van der Waals surface area contributed by atoms with Crippen molar-refractivity contribution < 1.29 is 29.0 Å². The predicted octanol–water partition coefficient (Wildman–Crippen LogP) is 4.41. The summed E-state index contributed by atoms with van der Waals surface area (Å²) in [6.45, 7) is 16.1. The number of anilines is 3. The third-order valence-electron chi connectivity index (χ3n) is 9.55. The van der Waals surface area contributed by atoms with Crippen LogP contribution in [0.5, 0.6) is 5.75 Å². The molecule has 2 aromatic carbocycles. The van der Waals surface area contributed by atoms with Gasteiger partial charge < -0.3 is 34.2 Å². The summed E-state index contributed by atoms with van der Waals surface area (Å²) in [5.74, 6) is -2.06. The van der Waals surface area contributed by atoms with Gasteiger partial charge in [-0.05, 0) is 75.7 Å². The number of carbonyl (C=O) groups is 3. The Morgan fingerprint density at radius 1 is 0.979 bits per heavy atom. The van der Waals surface area contributed by atoms with Crippen LogP contribution in [0.2, 0.25) is 0 Å². The highest BCUT2D eigenvalue weighted by Gasteiger charge is 2.77. The predicted molar refractivity (Wildman–Crippen MR) is 187 cm³/mol. The molecule has 1 N–H and O–H groups in total. The van der Waals surface area contributed by atoms with Crippen LogP contribution in [0, 0.1) is 11.8 Å². The number of aliphatic hydroxyl groups is 1. The number of nitrogens with zero attached hydrogens (tertiary/aromatic N) is 4. The molecule has 2 bridgehead atoms. The molecule has 3 amide bonds. The Kier molecular flexibility index (Phi) is 10.8. The highest BCUT2D eigenvalue weighted by atomic mass is 79.9. The van der Waals surface area contributed by atoms with Crippen molar-refractivity contribution in [1.82, 2.24) is 4.90 Å². The minimum absolute atomic E-state index is 0.0620. The lowest BCUT2D eigenvalue weighted by Crippen LogP contribution is -2.57. The maximum atomic E-state index is 14.7. The van der Waals surface area contributed by atoms with Gasteiger partial charge in [0.2, 0.25) is 11.8 Å². The first-order valence-electron chi connectivity index (χ1n) is 16.4. The van der Waals surface area contributed by atoms with E-state index in [4.69, 9.17) is 9.47 Å². The number of halogens is 1. The molecule has 0 aromatic heterocycles. The molecule has 3 heterocycles. The quantitative estimate of drug-likeness (QED) is 0.216. The van der Waals surface area contributed by atoms with Crippen LogP contribution in [0.4, 0.5) is 17.1 Å². The highest BCUT2D eigenvalue weighted by molar-refractivity contribution is 9.09. The Balaban J connectivity index is 1.52. The van der Waals surface area contributed by atoms with E-state index in [0.29, 0.717) is 30.2 Å². The zero-order valence-corrected chi connectivity index (χ0v) is 29.0. The lowest BCUT2D eigenvalue weighted by molar-refractivity contribution is -0.141. The molecule has 252 valence electrons. The fourth-order valence-electron chi connectivity index (χ4n) is 7.59. The van der Waals surface area contributed by atoms with Crippen molar-refractivity contribution in [2.45, 2.75) is 49.8 Å². The molecule has 0 aliphatic carbocycles. The molecule has 1 spiro atoms. The van der Waals surface area contributed by atoms with E-state index in [1.54, 1.807) is 46.2 Å². The monoisotopic (exact) mass is 708 g/mol. The Bertz CT molecular complexity index is 1460. The number of fused-ring (bicyclic) bond motifs is 1. The number of hydrogen-bond acceptors (Lipinski definition) is 7. The minimum Gasteiger partial charge on any atom is -0.494 e.